The van der Waals surface area contributed by atoms with Gasteiger partial charge >= 0.3 is 0 Å². The van der Waals surface area contributed by atoms with Crippen LogP contribution in [-0.4, -0.2) is 72.7 Å². The first kappa shape index (κ1) is 19.2. The van der Waals surface area contributed by atoms with E-state index < -0.39 is 0 Å². The molecule has 29 heavy (non-hydrogen) atoms. The largest absolute Gasteiger partial charge is 0.454 e. The van der Waals surface area contributed by atoms with Crippen molar-refractivity contribution in [2.75, 3.05) is 46.1 Å². The number of carbonyl (C=O) groups excluding carboxylic acids is 1. The molecular formula is C23H33N3O3. The third kappa shape index (κ3) is 4.24. The zero-order chi connectivity index (χ0) is 19.6. The van der Waals surface area contributed by atoms with Gasteiger partial charge in [-0.3, -0.25) is 14.6 Å². The molecule has 6 heteroatoms. The zero-order valence-electron chi connectivity index (χ0n) is 17.4. The molecule has 3 aliphatic heterocycles. The predicted octanol–water partition coefficient (Wildman–Crippen LogP) is 2.71. The molecule has 3 heterocycles. The van der Waals surface area contributed by atoms with Crippen molar-refractivity contribution < 1.29 is 14.3 Å². The molecule has 4 aliphatic rings. The number of fused-ring (bicyclic) bond motifs is 1. The maximum Gasteiger partial charge on any atom is 0.231 e. The van der Waals surface area contributed by atoms with Gasteiger partial charge in [0.1, 0.15) is 0 Å². The van der Waals surface area contributed by atoms with E-state index in [1.54, 1.807) is 0 Å². The molecule has 0 spiro atoms. The van der Waals surface area contributed by atoms with Gasteiger partial charge < -0.3 is 14.4 Å². The molecule has 0 bridgehead atoms. The summed E-state index contributed by atoms with van der Waals surface area (Å²) >= 11 is 0. The van der Waals surface area contributed by atoms with Crippen LogP contribution in [0.1, 0.15) is 44.1 Å². The van der Waals surface area contributed by atoms with Crippen molar-refractivity contribution in [3.63, 3.8) is 0 Å². The average molecular weight is 400 g/mol. The summed E-state index contributed by atoms with van der Waals surface area (Å²) in [6, 6.07) is 6.82. The maximum absolute atomic E-state index is 12.8. The van der Waals surface area contributed by atoms with Gasteiger partial charge in [-0.15, -0.1) is 0 Å². The lowest BCUT2D eigenvalue weighted by Crippen LogP contribution is -2.56. The summed E-state index contributed by atoms with van der Waals surface area (Å²) in [4.78, 5) is 20.2. The molecule has 0 N–H and O–H groups in total. The number of amides is 1. The number of hydrogen-bond acceptors (Lipinski definition) is 5. The Morgan fingerprint density at radius 2 is 1.72 bits per heavy atom. The van der Waals surface area contributed by atoms with Gasteiger partial charge in [0.15, 0.2) is 11.5 Å². The van der Waals surface area contributed by atoms with Gasteiger partial charge in [0.2, 0.25) is 12.7 Å². The van der Waals surface area contributed by atoms with Crippen LogP contribution >= 0.6 is 0 Å². The van der Waals surface area contributed by atoms with Gasteiger partial charge in [-0.1, -0.05) is 18.9 Å². The van der Waals surface area contributed by atoms with Crippen molar-refractivity contribution in [1.29, 1.82) is 0 Å². The number of likely N-dealkylation sites (tertiary alicyclic amines) is 1. The number of nitrogens with zero attached hydrogens (tertiary/aromatic N) is 3. The first-order chi connectivity index (χ1) is 14.3. The highest BCUT2D eigenvalue weighted by atomic mass is 16.7. The fourth-order valence-corrected chi connectivity index (χ4v) is 5.47. The second kappa shape index (κ2) is 8.52. The van der Waals surface area contributed by atoms with Crippen LogP contribution in [0.5, 0.6) is 11.5 Å². The lowest BCUT2D eigenvalue weighted by molar-refractivity contribution is -0.137. The average Bonchev–Trinajstić information content (AvgIpc) is 3.46. The minimum absolute atomic E-state index is 0.312. The second-order valence-corrected chi connectivity index (χ2v) is 9.06. The standard InChI is InChI=1S/C23H33N3O3/c27-23(19-4-1-2-5-19)26-9-3-6-20(16-26)25-12-10-24(11-13-25)15-18-7-8-21-22(14-18)29-17-28-21/h7-8,14,19-20H,1-6,9-13,15-17H2/t20-/m1/s1. The summed E-state index contributed by atoms with van der Waals surface area (Å²) in [7, 11) is 0. The van der Waals surface area contributed by atoms with E-state index in [-0.39, 0.29) is 0 Å². The Hall–Kier alpha value is -1.79. The third-order valence-corrected chi connectivity index (χ3v) is 7.18. The summed E-state index contributed by atoms with van der Waals surface area (Å²) in [5.41, 5.74) is 1.29. The predicted molar refractivity (Wildman–Crippen MR) is 111 cm³/mol. The number of ether oxygens (including phenoxy) is 2. The number of piperazine rings is 1. The summed E-state index contributed by atoms with van der Waals surface area (Å²) in [6.07, 6.45) is 7.08. The number of hydrogen-bond donors (Lipinski definition) is 0. The highest BCUT2D eigenvalue weighted by molar-refractivity contribution is 5.79. The Morgan fingerprint density at radius 1 is 0.931 bits per heavy atom. The van der Waals surface area contributed by atoms with E-state index in [0.717, 1.165) is 76.6 Å². The van der Waals surface area contributed by atoms with Crippen molar-refractivity contribution in [3.05, 3.63) is 23.8 Å². The van der Waals surface area contributed by atoms with Crippen molar-refractivity contribution in [2.45, 2.75) is 51.1 Å². The summed E-state index contributed by atoms with van der Waals surface area (Å²) < 4.78 is 10.9. The van der Waals surface area contributed by atoms with Crippen LogP contribution in [0.4, 0.5) is 0 Å². The van der Waals surface area contributed by atoms with E-state index >= 15 is 0 Å². The topological polar surface area (TPSA) is 45.3 Å². The minimum Gasteiger partial charge on any atom is -0.454 e. The van der Waals surface area contributed by atoms with Gasteiger partial charge in [-0.2, -0.15) is 0 Å². The summed E-state index contributed by atoms with van der Waals surface area (Å²) in [5, 5.41) is 0. The fraction of sp³-hybridized carbons (Fsp3) is 0.696. The van der Waals surface area contributed by atoms with E-state index in [4.69, 9.17) is 9.47 Å². The lowest BCUT2D eigenvalue weighted by Gasteiger charge is -2.43. The SMILES string of the molecule is O=C(C1CCCC1)N1CCC[C@@H](N2CCN(Cc3ccc4c(c3)OCO4)CC2)C1. The molecule has 0 radical (unpaired) electrons. The Balaban J connectivity index is 1.12. The van der Waals surface area contributed by atoms with Gasteiger partial charge in [-0.05, 0) is 43.4 Å². The van der Waals surface area contributed by atoms with Crippen molar-refractivity contribution >= 4 is 5.91 Å². The smallest absolute Gasteiger partial charge is 0.231 e. The molecule has 5 rings (SSSR count). The Bertz CT molecular complexity index is 726. The van der Waals surface area contributed by atoms with Crippen LogP contribution in [0, 0.1) is 5.92 Å². The van der Waals surface area contributed by atoms with Crippen molar-refractivity contribution in [3.8, 4) is 11.5 Å². The van der Waals surface area contributed by atoms with Crippen LogP contribution in [0.2, 0.25) is 0 Å². The molecule has 1 aliphatic carbocycles. The fourth-order valence-electron chi connectivity index (χ4n) is 5.47. The van der Waals surface area contributed by atoms with E-state index in [1.807, 2.05) is 6.07 Å². The second-order valence-electron chi connectivity index (χ2n) is 9.06. The van der Waals surface area contributed by atoms with Gasteiger partial charge in [0.05, 0.1) is 0 Å². The Labute approximate surface area is 173 Å². The number of rotatable bonds is 4. The van der Waals surface area contributed by atoms with Crippen LogP contribution in [0.3, 0.4) is 0 Å². The highest BCUT2D eigenvalue weighted by Crippen LogP contribution is 2.33. The molecular weight excluding hydrogens is 366 g/mol. The zero-order valence-corrected chi connectivity index (χ0v) is 17.4. The molecule has 1 aromatic carbocycles. The lowest BCUT2D eigenvalue weighted by atomic mass is 9.99. The van der Waals surface area contributed by atoms with Crippen LogP contribution < -0.4 is 9.47 Å². The molecule has 6 nitrogen and oxygen atoms in total. The minimum atomic E-state index is 0.312. The van der Waals surface area contributed by atoms with Crippen LogP contribution in [0.15, 0.2) is 18.2 Å². The number of benzene rings is 1. The molecule has 0 aromatic heterocycles. The molecule has 1 saturated carbocycles. The highest BCUT2D eigenvalue weighted by Gasteiger charge is 2.33. The molecule has 1 atom stereocenters. The van der Waals surface area contributed by atoms with E-state index in [9.17, 15) is 4.79 Å². The Morgan fingerprint density at radius 3 is 2.55 bits per heavy atom. The third-order valence-electron chi connectivity index (χ3n) is 7.18. The molecule has 158 valence electrons. The molecule has 1 amide bonds. The molecule has 0 unspecified atom stereocenters. The molecule has 1 aromatic rings. The van der Waals surface area contributed by atoms with E-state index in [2.05, 4.69) is 26.8 Å². The first-order valence-electron chi connectivity index (χ1n) is 11.4. The van der Waals surface area contributed by atoms with Gasteiger partial charge in [0, 0.05) is 57.8 Å². The van der Waals surface area contributed by atoms with E-state index in [0.29, 0.717) is 24.7 Å². The van der Waals surface area contributed by atoms with Crippen LogP contribution in [0.25, 0.3) is 0 Å². The Kier molecular flexibility index (Phi) is 5.64. The number of piperidine rings is 1. The van der Waals surface area contributed by atoms with E-state index in [1.165, 1.54) is 24.8 Å². The number of carbonyl (C=O) groups is 1. The van der Waals surface area contributed by atoms with Crippen molar-refractivity contribution in [2.24, 2.45) is 5.92 Å². The van der Waals surface area contributed by atoms with Crippen molar-refractivity contribution in [1.82, 2.24) is 14.7 Å². The van der Waals surface area contributed by atoms with Crippen LogP contribution in [-0.2, 0) is 11.3 Å². The summed E-state index contributed by atoms with van der Waals surface area (Å²) in [6.45, 7) is 7.57. The monoisotopic (exact) mass is 399 g/mol. The van der Waals surface area contributed by atoms with Gasteiger partial charge in [0.25, 0.3) is 0 Å². The quantitative estimate of drug-likeness (QED) is 0.779. The maximum atomic E-state index is 12.8. The summed E-state index contributed by atoms with van der Waals surface area (Å²) in [5.74, 6) is 2.48. The normalized spacial score (nSPS) is 26.2. The van der Waals surface area contributed by atoms with Gasteiger partial charge in [-0.25, -0.2) is 0 Å². The molecule has 3 fully saturated rings. The first-order valence-corrected chi connectivity index (χ1v) is 11.4. The molecule has 2 saturated heterocycles.